The molecule has 0 spiro atoms. The minimum absolute atomic E-state index is 0.0751. The van der Waals surface area contributed by atoms with E-state index in [9.17, 15) is 19.6 Å². The quantitative estimate of drug-likeness (QED) is 0.480. The van der Waals surface area contributed by atoms with Gasteiger partial charge in [0.05, 0.1) is 10.6 Å². The topological polar surface area (TPSA) is 104 Å². The van der Waals surface area contributed by atoms with Gasteiger partial charge in [-0.25, -0.2) is 9.37 Å². The van der Waals surface area contributed by atoms with Gasteiger partial charge >= 0.3 is 5.69 Å². The number of aliphatic hydroxyl groups excluding tert-OH is 1. The van der Waals surface area contributed by atoms with Crippen LogP contribution in [-0.2, 0) is 0 Å². The number of nitrogens with one attached hydrogen (secondary N) is 2. The average Bonchev–Trinajstić information content (AvgIpc) is 3.52. The van der Waals surface area contributed by atoms with Crippen LogP contribution in [0.2, 0.25) is 0 Å². The van der Waals surface area contributed by atoms with Crippen molar-refractivity contribution in [3.8, 4) is 0 Å². The molecule has 0 bridgehead atoms. The molecule has 2 fully saturated rings. The Morgan fingerprint density at radius 1 is 1.28 bits per heavy atom. The van der Waals surface area contributed by atoms with Gasteiger partial charge in [0.1, 0.15) is 11.6 Å². The molecule has 0 radical (unpaired) electrons. The lowest BCUT2D eigenvalue weighted by Gasteiger charge is -2.33. The van der Waals surface area contributed by atoms with E-state index in [-0.39, 0.29) is 24.0 Å². The number of halogens is 1. The van der Waals surface area contributed by atoms with Crippen molar-refractivity contribution in [2.45, 2.75) is 31.7 Å². The molecule has 1 aromatic carbocycles. The van der Waals surface area contributed by atoms with Crippen LogP contribution in [-0.4, -0.2) is 40.8 Å². The molecule has 1 atom stereocenters. The zero-order valence-corrected chi connectivity index (χ0v) is 16.0. The lowest BCUT2D eigenvalue weighted by atomic mass is 9.98. The maximum Gasteiger partial charge on any atom is 0.311 e. The third-order valence-corrected chi connectivity index (χ3v) is 5.33. The molecule has 4 rings (SSSR count). The van der Waals surface area contributed by atoms with Gasteiger partial charge in [-0.3, -0.25) is 10.1 Å². The van der Waals surface area contributed by atoms with Crippen molar-refractivity contribution in [3.63, 3.8) is 0 Å². The number of aliphatic hydroxyl groups is 1. The number of benzene rings is 1. The first-order valence-electron chi connectivity index (χ1n) is 9.88. The first-order chi connectivity index (χ1) is 14.0. The molecule has 2 aromatic rings. The van der Waals surface area contributed by atoms with E-state index >= 15 is 0 Å². The molecular weight excluding hydrogens is 377 g/mol. The summed E-state index contributed by atoms with van der Waals surface area (Å²) < 4.78 is 14.8. The lowest BCUT2D eigenvalue weighted by Crippen LogP contribution is -2.37. The summed E-state index contributed by atoms with van der Waals surface area (Å²) in [6.07, 6.45) is 3.96. The Morgan fingerprint density at radius 3 is 2.79 bits per heavy atom. The van der Waals surface area contributed by atoms with Gasteiger partial charge in [-0.15, -0.1) is 0 Å². The van der Waals surface area contributed by atoms with Crippen LogP contribution in [0.4, 0.5) is 33.1 Å². The van der Waals surface area contributed by atoms with Gasteiger partial charge in [0.2, 0.25) is 5.82 Å². The van der Waals surface area contributed by atoms with Crippen LogP contribution in [0.25, 0.3) is 0 Å². The number of nitrogens with zero attached hydrogens (tertiary/aromatic N) is 3. The summed E-state index contributed by atoms with van der Waals surface area (Å²) in [5, 5.41) is 26.8. The molecule has 1 unspecified atom stereocenters. The van der Waals surface area contributed by atoms with Gasteiger partial charge in [-0.2, -0.15) is 0 Å². The van der Waals surface area contributed by atoms with Gasteiger partial charge in [0, 0.05) is 37.5 Å². The SMILES string of the molecule is O=[N+]([O-])c1ccc(NC2CC2)nc1Nc1ccc(N2CCCC(CO)C2)c(F)c1. The Kier molecular flexibility index (Phi) is 5.48. The highest BCUT2D eigenvalue weighted by atomic mass is 19.1. The smallest absolute Gasteiger partial charge is 0.311 e. The third kappa shape index (κ3) is 4.56. The summed E-state index contributed by atoms with van der Waals surface area (Å²) in [6, 6.07) is 8.01. The zero-order valence-electron chi connectivity index (χ0n) is 16.0. The van der Waals surface area contributed by atoms with E-state index in [2.05, 4.69) is 15.6 Å². The molecule has 9 heteroatoms. The molecule has 0 amide bonds. The molecule has 1 saturated heterocycles. The Balaban J connectivity index is 1.54. The van der Waals surface area contributed by atoms with E-state index in [0.29, 0.717) is 29.8 Å². The molecule has 1 saturated carbocycles. The van der Waals surface area contributed by atoms with Crippen LogP contribution in [0.3, 0.4) is 0 Å². The summed E-state index contributed by atoms with van der Waals surface area (Å²) in [7, 11) is 0. The second kappa shape index (κ2) is 8.20. The Bertz CT molecular complexity index is 906. The summed E-state index contributed by atoms with van der Waals surface area (Å²) in [5.74, 6) is 0.366. The van der Waals surface area contributed by atoms with Crippen molar-refractivity contribution in [2.24, 2.45) is 5.92 Å². The Labute approximate surface area is 167 Å². The molecule has 3 N–H and O–H groups in total. The molecule has 2 aliphatic rings. The summed E-state index contributed by atoms with van der Waals surface area (Å²) in [6.45, 7) is 1.45. The fraction of sp³-hybridized carbons (Fsp3) is 0.450. The number of anilines is 4. The molecular formula is C20H24FN5O3. The van der Waals surface area contributed by atoms with Crippen molar-refractivity contribution in [1.29, 1.82) is 0 Å². The molecule has 29 heavy (non-hydrogen) atoms. The fourth-order valence-corrected chi connectivity index (χ4v) is 3.62. The van der Waals surface area contributed by atoms with E-state index < -0.39 is 10.7 Å². The predicted molar refractivity (Wildman–Crippen MR) is 109 cm³/mol. The first-order valence-corrected chi connectivity index (χ1v) is 9.88. The van der Waals surface area contributed by atoms with Crippen LogP contribution in [0, 0.1) is 21.8 Å². The molecule has 154 valence electrons. The Morgan fingerprint density at radius 2 is 2.10 bits per heavy atom. The molecule has 8 nitrogen and oxygen atoms in total. The maximum atomic E-state index is 14.8. The van der Waals surface area contributed by atoms with Gasteiger partial charge < -0.3 is 20.6 Å². The summed E-state index contributed by atoms with van der Waals surface area (Å²) >= 11 is 0. The number of hydrogen-bond donors (Lipinski definition) is 3. The molecule has 1 aliphatic carbocycles. The third-order valence-electron chi connectivity index (χ3n) is 5.33. The molecule has 1 aromatic heterocycles. The summed E-state index contributed by atoms with van der Waals surface area (Å²) in [5.41, 5.74) is 0.694. The number of aromatic nitrogens is 1. The van der Waals surface area contributed by atoms with E-state index in [4.69, 9.17) is 0 Å². The van der Waals surface area contributed by atoms with Crippen LogP contribution in [0.15, 0.2) is 30.3 Å². The van der Waals surface area contributed by atoms with Crippen molar-refractivity contribution in [1.82, 2.24) is 4.98 Å². The highest BCUT2D eigenvalue weighted by molar-refractivity contribution is 5.69. The van der Waals surface area contributed by atoms with Gasteiger partial charge in [-0.1, -0.05) is 0 Å². The van der Waals surface area contributed by atoms with E-state index in [1.165, 1.54) is 12.1 Å². The second-order valence-electron chi connectivity index (χ2n) is 7.67. The standard InChI is InChI=1S/C20H24FN5O3/c21-16-10-15(5-6-17(16)25-9-1-2-13(11-25)12-27)23-20-18(26(28)29)7-8-19(24-20)22-14-3-4-14/h5-8,10,13-14,27H,1-4,9,11-12H2,(H2,22,23,24). The van der Waals surface area contributed by atoms with Crippen LogP contribution < -0.4 is 15.5 Å². The minimum atomic E-state index is -0.510. The number of pyridine rings is 1. The van der Waals surface area contributed by atoms with Crippen molar-refractivity contribution >= 4 is 28.7 Å². The number of rotatable bonds is 7. The first kappa shape index (κ1) is 19.4. The van der Waals surface area contributed by atoms with Crippen LogP contribution >= 0.6 is 0 Å². The van der Waals surface area contributed by atoms with Crippen LogP contribution in [0.1, 0.15) is 25.7 Å². The highest BCUT2D eigenvalue weighted by Crippen LogP contribution is 2.32. The highest BCUT2D eigenvalue weighted by Gasteiger charge is 2.24. The normalized spacial score (nSPS) is 19.1. The zero-order chi connectivity index (χ0) is 20.4. The monoisotopic (exact) mass is 401 g/mol. The molecule has 2 heterocycles. The van der Waals surface area contributed by atoms with E-state index in [1.807, 2.05) is 4.90 Å². The lowest BCUT2D eigenvalue weighted by molar-refractivity contribution is -0.384. The fourth-order valence-electron chi connectivity index (χ4n) is 3.62. The molecule has 1 aliphatic heterocycles. The van der Waals surface area contributed by atoms with Crippen molar-refractivity contribution in [2.75, 3.05) is 35.2 Å². The van der Waals surface area contributed by atoms with Crippen molar-refractivity contribution in [3.05, 3.63) is 46.3 Å². The minimum Gasteiger partial charge on any atom is -0.396 e. The largest absolute Gasteiger partial charge is 0.396 e. The van der Waals surface area contributed by atoms with Gasteiger partial charge in [-0.05, 0) is 55.9 Å². The van der Waals surface area contributed by atoms with Gasteiger partial charge in [0.15, 0.2) is 0 Å². The maximum absolute atomic E-state index is 14.8. The number of piperidine rings is 1. The summed E-state index contributed by atoms with van der Waals surface area (Å²) in [4.78, 5) is 17.1. The second-order valence-corrected chi connectivity index (χ2v) is 7.67. The number of nitro groups is 1. The van der Waals surface area contributed by atoms with Crippen molar-refractivity contribution < 1.29 is 14.4 Å². The van der Waals surface area contributed by atoms with E-state index in [0.717, 1.165) is 32.2 Å². The Hall–Kier alpha value is -2.94. The number of hydrogen-bond acceptors (Lipinski definition) is 7. The predicted octanol–water partition coefficient (Wildman–Crippen LogP) is 3.66. The van der Waals surface area contributed by atoms with Crippen LogP contribution in [0.5, 0.6) is 0 Å². The average molecular weight is 401 g/mol. The van der Waals surface area contributed by atoms with Gasteiger partial charge in [0.25, 0.3) is 0 Å². The van der Waals surface area contributed by atoms with E-state index in [1.54, 1.807) is 18.2 Å².